The van der Waals surface area contributed by atoms with Crippen molar-refractivity contribution in [2.45, 2.75) is 0 Å². The van der Waals surface area contributed by atoms with Crippen molar-refractivity contribution in [3.05, 3.63) is 119 Å². The van der Waals surface area contributed by atoms with E-state index in [1.165, 1.54) is 0 Å². The summed E-state index contributed by atoms with van der Waals surface area (Å²) in [5, 5.41) is 57.5. The molecule has 2 aromatic heterocycles. The Morgan fingerprint density at radius 2 is 0.733 bits per heavy atom. The monoisotopic (exact) mass is 657 g/mol. The first-order valence-electron chi connectivity index (χ1n) is 12.0. The first-order valence-corrected chi connectivity index (χ1v) is 12.0. The van der Waals surface area contributed by atoms with Crippen LogP contribution in [0.3, 0.4) is 0 Å². The molecule has 1 radical (unpaired) electrons. The van der Waals surface area contributed by atoms with Gasteiger partial charge in [-0.15, -0.1) is 0 Å². The first kappa shape index (κ1) is 35.0. The Morgan fingerprint density at radius 1 is 0.467 bits per heavy atom. The number of benzene rings is 3. The van der Waals surface area contributed by atoms with Gasteiger partial charge in [0.15, 0.2) is 0 Å². The van der Waals surface area contributed by atoms with Crippen LogP contribution in [0.5, 0.6) is 0 Å². The number of nitrogens with zero attached hydrogens (tertiary/aromatic N) is 2. The molecule has 229 valence electrons. The zero-order chi connectivity index (χ0) is 32.6. The smallest absolute Gasteiger partial charge is 0.545 e. The second-order valence-corrected chi connectivity index (χ2v) is 8.61. The summed E-state index contributed by atoms with van der Waals surface area (Å²) in [5.41, 5.74) is -0.637. The zero-order valence-corrected chi connectivity index (χ0v) is 23.4. The van der Waals surface area contributed by atoms with Gasteiger partial charge in [0.25, 0.3) is 0 Å². The van der Waals surface area contributed by atoms with E-state index in [1.807, 2.05) is 12.1 Å². The van der Waals surface area contributed by atoms with Crippen molar-refractivity contribution in [2.24, 2.45) is 0 Å². The summed E-state index contributed by atoms with van der Waals surface area (Å²) in [6.07, 6.45) is 3.60. The van der Waals surface area contributed by atoms with Crippen LogP contribution in [0.2, 0.25) is 0 Å². The van der Waals surface area contributed by atoms with Crippen molar-refractivity contribution in [3.8, 4) is 0 Å². The maximum Gasteiger partial charge on any atom is 2.00 e. The standard InChI is InChI=1S/C12H8N2.2C9H6O6.Co/c1-3-9-5-6-10-4-2-8-14-12(10)11(9)13-7-1;2*10-7(11)4-1-5(8(12)13)3-6(2-4)9(14)15;/h1-8H;2*1-3H,(H,10,11)(H,12,13)(H,14,15);/q;;;+2/p-2. The molecule has 0 spiro atoms. The Kier molecular flexibility index (Phi) is 11.9. The molecule has 4 N–H and O–H groups in total. The molecule has 15 heteroatoms. The summed E-state index contributed by atoms with van der Waals surface area (Å²) in [7, 11) is 0. The summed E-state index contributed by atoms with van der Waals surface area (Å²) in [4.78, 5) is 71.8. The van der Waals surface area contributed by atoms with Gasteiger partial charge in [-0.25, -0.2) is 19.2 Å². The van der Waals surface area contributed by atoms with Crippen LogP contribution < -0.4 is 10.2 Å². The molecule has 0 amide bonds. The van der Waals surface area contributed by atoms with Crippen molar-refractivity contribution in [3.63, 3.8) is 0 Å². The van der Waals surface area contributed by atoms with E-state index < -0.39 is 69.2 Å². The minimum atomic E-state index is -1.62. The third kappa shape index (κ3) is 9.14. The minimum absolute atomic E-state index is 0. The Hall–Kier alpha value is -6.19. The van der Waals surface area contributed by atoms with Crippen LogP contribution in [0.15, 0.2) is 85.2 Å². The fourth-order valence-corrected chi connectivity index (χ4v) is 3.66. The van der Waals surface area contributed by atoms with Crippen LogP contribution in [0.4, 0.5) is 0 Å². The average molecular weight is 657 g/mol. The molecule has 0 aliphatic carbocycles. The molecule has 0 bridgehead atoms. The van der Waals surface area contributed by atoms with Crippen molar-refractivity contribution < 1.29 is 76.2 Å². The van der Waals surface area contributed by atoms with E-state index in [0.29, 0.717) is 0 Å². The van der Waals surface area contributed by atoms with Gasteiger partial charge in [-0.3, -0.25) is 9.97 Å². The van der Waals surface area contributed by atoms with Crippen LogP contribution in [0.1, 0.15) is 62.1 Å². The number of hydrogen-bond acceptors (Lipinski definition) is 10. The minimum Gasteiger partial charge on any atom is -0.545 e. The fourth-order valence-electron chi connectivity index (χ4n) is 3.66. The van der Waals surface area contributed by atoms with E-state index in [0.717, 1.165) is 58.2 Å². The number of fused-ring (bicyclic) bond motifs is 3. The molecule has 0 fully saturated rings. The molecule has 5 aromatic rings. The van der Waals surface area contributed by atoms with Gasteiger partial charge in [-0.2, -0.15) is 0 Å². The van der Waals surface area contributed by atoms with Gasteiger partial charge in [-0.05, 0) is 59.7 Å². The molecular formula is C30H18CoN2O12. The van der Waals surface area contributed by atoms with E-state index in [2.05, 4.69) is 34.2 Å². The number of carbonyl (C=O) groups excluding carboxylic acids is 2. The average Bonchev–Trinajstić information content (AvgIpc) is 3.01. The normalized spacial score (nSPS) is 9.78. The quantitative estimate of drug-likeness (QED) is 0.190. The number of pyridine rings is 2. The van der Waals surface area contributed by atoms with Gasteiger partial charge < -0.3 is 40.2 Å². The van der Waals surface area contributed by atoms with Gasteiger partial charge >= 0.3 is 40.7 Å². The Balaban J connectivity index is 0.000000232. The number of aromatic carboxylic acids is 6. The number of carbonyl (C=O) groups is 6. The van der Waals surface area contributed by atoms with Gasteiger partial charge in [0.05, 0.1) is 45.2 Å². The van der Waals surface area contributed by atoms with Gasteiger partial charge in [-0.1, -0.05) is 24.3 Å². The summed E-state index contributed by atoms with van der Waals surface area (Å²) in [5.74, 6) is -8.86. The van der Waals surface area contributed by atoms with Crippen molar-refractivity contribution in [1.82, 2.24) is 9.97 Å². The maximum absolute atomic E-state index is 10.5. The predicted molar refractivity (Wildman–Crippen MR) is 146 cm³/mol. The Morgan fingerprint density at radius 3 is 0.978 bits per heavy atom. The third-order valence-electron chi connectivity index (χ3n) is 5.67. The van der Waals surface area contributed by atoms with E-state index in [9.17, 15) is 39.0 Å². The fraction of sp³-hybridized carbons (Fsp3) is 0. The summed E-state index contributed by atoms with van der Waals surface area (Å²) >= 11 is 0. The molecule has 5 rings (SSSR count). The molecule has 0 saturated carbocycles. The molecule has 0 unspecified atom stereocenters. The molecule has 0 saturated heterocycles. The number of rotatable bonds is 6. The number of carboxylic acids is 6. The van der Waals surface area contributed by atoms with Crippen LogP contribution in [-0.2, 0) is 16.8 Å². The summed E-state index contributed by atoms with van der Waals surface area (Å²) in [6.45, 7) is 0. The van der Waals surface area contributed by atoms with Crippen LogP contribution in [0.25, 0.3) is 21.8 Å². The Bertz CT molecular complexity index is 1660. The summed E-state index contributed by atoms with van der Waals surface area (Å²) < 4.78 is 0. The van der Waals surface area contributed by atoms with Crippen LogP contribution >= 0.6 is 0 Å². The maximum atomic E-state index is 10.5. The Labute approximate surface area is 262 Å². The largest absolute Gasteiger partial charge is 2.00 e. The molecule has 14 nitrogen and oxygen atoms in total. The van der Waals surface area contributed by atoms with E-state index >= 15 is 0 Å². The second kappa shape index (κ2) is 15.3. The van der Waals surface area contributed by atoms with Crippen LogP contribution in [0, 0.1) is 0 Å². The zero-order valence-electron chi connectivity index (χ0n) is 22.4. The molecule has 0 aliphatic rings. The van der Waals surface area contributed by atoms with Crippen molar-refractivity contribution in [1.29, 1.82) is 0 Å². The first-order chi connectivity index (χ1) is 20.8. The van der Waals surface area contributed by atoms with Crippen LogP contribution in [-0.4, -0.2) is 66.2 Å². The molecule has 3 aromatic carbocycles. The number of hydrogen-bond donors (Lipinski definition) is 4. The molecule has 0 aliphatic heterocycles. The van der Waals surface area contributed by atoms with Crippen molar-refractivity contribution >= 4 is 57.6 Å². The SMILES string of the molecule is O=C([O-])c1cc(C(=O)O)cc(C(=O)O)c1.O=C([O-])c1cc(C(=O)O)cc(C(=O)O)c1.[Co+2].c1cnc2c(c1)ccc1cccnc12. The van der Waals surface area contributed by atoms with E-state index in [-0.39, 0.29) is 16.8 Å². The molecule has 2 heterocycles. The van der Waals surface area contributed by atoms with E-state index in [1.54, 1.807) is 12.4 Å². The van der Waals surface area contributed by atoms with Crippen molar-refractivity contribution in [2.75, 3.05) is 0 Å². The van der Waals surface area contributed by atoms with Gasteiger partial charge in [0.2, 0.25) is 0 Å². The topological polar surface area (TPSA) is 255 Å². The predicted octanol–water partition coefficient (Wildman–Crippen LogP) is 1.67. The molecule has 0 atom stereocenters. The molecule has 45 heavy (non-hydrogen) atoms. The van der Waals surface area contributed by atoms with Gasteiger partial charge in [0.1, 0.15) is 0 Å². The molecular weight excluding hydrogens is 639 g/mol. The number of carboxylic acid groups (broad SMARTS) is 6. The van der Waals surface area contributed by atoms with E-state index in [4.69, 9.17) is 20.4 Å². The number of aromatic nitrogens is 2. The van der Waals surface area contributed by atoms with Gasteiger partial charge in [0, 0.05) is 23.2 Å². The second-order valence-electron chi connectivity index (χ2n) is 8.61. The third-order valence-corrected chi connectivity index (χ3v) is 5.67. The summed E-state index contributed by atoms with van der Waals surface area (Å²) in [6, 6.07) is 17.2.